The van der Waals surface area contributed by atoms with Gasteiger partial charge in [0, 0.05) is 6.54 Å². The Kier molecular flexibility index (Phi) is 4.29. The minimum absolute atomic E-state index is 0.0670. The highest BCUT2D eigenvalue weighted by Gasteiger charge is 2.38. The summed E-state index contributed by atoms with van der Waals surface area (Å²) in [5.74, 6) is 0.0670. The van der Waals surface area contributed by atoms with E-state index in [2.05, 4.69) is 33.6 Å². The van der Waals surface area contributed by atoms with E-state index < -0.39 is 5.60 Å². The zero-order valence-electron chi connectivity index (χ0n) is 14.4. The fourth-order valence-electron chi connectivity index (χ4n) is 4.07. The molecule has 2 N–H and O–H groups in total. The van der Waals surface area contributed by atoms with Crippen molar-refractivity contribution in [3.05, 3.63) is 46.8 Å². The molecule has 0 saturated carbocycles. The zero-order chi connectivity index (χ0) is 17.3. The predicted molar refractivity (Wildman–Crippen MR) is 92.9 cm³/mol. The van der Waals surface area contributed by atoms with Gasteiger partial charge in [0.2, 0.25) is 5.91 Å². The van der Waals surface area contributed by atoms with Crippen molar-refractivity contribution in [1.82, 2.24) is 20.3 Å². The van der Waals surface area contributed by atoms with Gasteiger partial charge in [-0.3, -0.25) is 4.79 Å². The first-order valence-corrected chi connectivity index (χ1v) is 9.11. The van der Waals surface area contributed by atoms with Crippen molar-refractivity contribution in [2.75, 3.05) is 13.1 Å². The number of benzene rings is 1. The largest absolute Gasteiger partial charge is 0.382 e. The average Bonchev–Trinajstić information content (AvgIpc) is 3.17. The third-order valence-electron chi connectivity index (χ3n) is 5.48. The van der Waals surface area contributed by atoms with Gasteiger partial charge in [-0.15, -0.1) is 0 Å². The van der Waals surface area contributed by atoms with Crippen LogP contribution in [0.4, 0.5) is 0 Å². The van der Waals surface area contributed by atoms with Gasteiger partial charge in [-0.25, -0.2) is 0 Å². The van der Waals surface area contributed by atoms with E-state index in [1.54, 1.807) is 4.90 Å². The topological polar surface area (TPSA) is 82.1 Å². The third-order valence-corrected chi connectivity index (χ3v) is 5.48. The summed E-state index contributed by atoms with van der Waals surface area (Å²) in [6.45, 7) is 0.966. The molecule has 2 aromatic rings. The van der Waals surface area contributed by atoms with Crippen LogP contribution in [-0.2, 0) is 29.7 Å². The van der Waals surface area contributed by atoms with Crippen LogP contribution in [0.5, 0.6) is 0 Å². The standard InChI is InChI=1S/C19H24N4O2/c24-18(11-14-6-7-15-4-1-2-5-16(15)10-14)23-9-3-8-19(25,13-23)17-12-20-22-21-17/h6-7,10,12,25H,1-5,8-9,11,13H2,(H,20,21,22)/t19-/m1/s1. The number of carbonyl (C=O) groups is 1. The van der Waals surface area contributed by atoms with E-state index in [-0.39, 0.29) is 12.5 Å². The molecule has 1 saturated heterocycles. The Balaban J connectivity index is 1.46. The second-order valence-electron chi connectivity index (χ2n) is 7.29. The SMILES string of the molecule is O=C(Cc1ccc2c(c1)CCCC2)N1CCC[C@](O)(c2cn[nH]n2)C1. The molecule has 0 bridgehead atoms. The third kappa shape index (κ3) is 3.31. The monoisotopic (exact) mass is 340 g/mol. The maximum atomic E-state index is 12.8. The molecule has 4 rings (SSSR count). The highest BCUT2D eigenvalue weighted by Crippen LogP contribution is 2.30. The number of rotatable bonds is 3. The molecule has 6 nitrogen and oxygen atoms in total. The molecule has 2 heterocycles. The number of hydrogen-bond acceptors (Lipinski definition) is 4. The molecule has 0 spiro atoms. The number of carbonyl (C=O) groups excluding carboxylic acids is 1. The quantitative estimate of drug-likeness (QED) is 0.892. The van der Waals surface area contributed by atoms with Crippen LogP contribution in [0.1, 0.15) is 48.1 Å². The molecule has 1 aromatic heterocycles. The smallest absolute Gasteiger partial charge is 0.227 e. The van der Waals surface area contributed by atoms with E-state index in [4.69, 9.17) is 0 Å². The average molecular weight is 340 g/mol. The summed E-state index contributed by atoms with van der Waals surface area (Å²) in [6.07, 6.45) is 8.06. The Morgan fingerprint density at radius 1 is 1.24 bits per heavy atom. The molecule has 6 heteroatoms. The van der Waals surface area contributed by atoms with E-state index in [1.165, 1.54) is 30.2 Å². The highest BCUT2D eigenvalue weighted by atomic mass is 16.3. The lowest BCUT2D eigenvalue weighted by Crippen LogP contribution is -2.49. The molecule has 1 aliphatic carbocycles. The molecule has 0 radical (unpaired) electrons. The Morgan fingerprint density at radius 2 is 2.08 bits per heavy atom. The number of aryl methyl sites for hydroxylation is 2. The molecule has 25 heavy (non-hydrogen) atoms. The number of piperidine rings is 1. The summed E-state index contributed by atoms with van der Waals surface area (Å²) < 4.78 is 0. The molecular weight excluding hydrogens is 316 g/mol. The van der Waals surface area contributed by atoms with Gasteiger partial charge in [-0.05, 0) is 55.2 Å². The predicted octanol–water partition coefficient (Wildman–Crippen LogP) is 1.74. The van der Waals surface area contributed by atoms with Gasteiger partial charge >= 0.3 is 0 Å². The van der Waals surface area contributed by atoms with Crippen LogP contribution < -0.4 is 0 Å². The van der Waals surface area contributed by atoms with E-state index in [9.17, 15) is 9.90 Å². The number of fused-ring (bicyclic) bond motifs is 1. The number of aliphatic hydroxyl groups is 1. The lowest BCUT2D eigenvalue weighted by molar-refractivity contribution is -0.138. The first kappa shape index (κ1) is 16.3. The van der Waals surface area contributed by atoms with Gasteiger partial charge in [0.25, 0.3) is 0 Å². The minimum Gasteiger partial charge on any atom is -0.382 e. The van der Waals surface area contributed by atoms with Gasteiger partial charge in [0.15, 0.2) is 0 Å². The number of likely N-dealkylation sites (tertiary alicyclic amines) is 1. The fourth-order valence-corrected chi connectivity index (χ4v) is 4.07. The number of nitrogens with one attached hydrogen (secondary N) is 1. The normalized spacial score (nSPS) is 23.3. The van der Waals surface area contributed by atoms with E-state index >= 15 is 0 Å². The van der Waals surface area contributed by atoms with Gasteiger partial charge in [-0.1, -0.05) is 18.2 Å². The maximum Gasteiger partial charge on any atom is 0.227 e. The molecule has 132 valence electrons. The van der Waals surface area contributed by atoms with Gasteiger partial charge in [-0.2, -0.15) is 15.4 Å². The van der Waals surface area contributed by atoms with Crippen molar-refractivity contribution >= 4 is 5.91 Å². The van der Waals surface area contributed by atoms with Crippen molar-refractivity contribution in [2.45, 2.75) is 50.5 Å². The number of amides is 1. The van der Waals surface area contributed by atoms with Gasteiger partial charge in [0.1, 0.15) is 11.3 Å². The lowest BCUT2D eigenvalue weighted by Gasteiger charge is -2.38. The van der Waals surface area contributed by atoms with Crippen molar-refractivity contribution in [3.8, 4) is 0 Å². The van der Waals surface area contributed by atoms with Crippen LogP contribution in [0.25, 0.3) is 0 Å². The number of hydrogen-bond donors (Lipinski definition) is 2. The summed E-state index contributed by atoms with van der Waals surface area (Å²) in [6, 6.07) is 6.45. The van der Waals surface area contributed by atoms with Crippen molar-refractivity contribution in [1.29, 1.82) is 0 Å². The van der Waals surface area contributed by atoms with Gasteiger partial charge in [0.05, 0.1) is 19.2 Å². The van der Waals surface area contributed by atoms with Crippen LogP contribution >= 0.6 is 0 Å². The van der Waals surface area contributed by atoms with Crippen LogP contribution in [0.15, 0.2) is 24.4 Å². The Labute approximate surface area is 147 Å². The van der Waals surface area contributed by atoms with Crippen LogP contribution in [0.3, 0.4) is 0 Å². The number of aromatic amines is 1. The molecule has 0 unspecified atom stereocenters. The Bertz CT molecular complexity index is 759. The lowest BCUT2D eigenvalue weighted by atomic mass is 9.88. The van der Waals surface area contributed by atoms with E-state index in [0.717, 1.165) is 24.8 Å². The summed E-state index contributed by atoms with van der Waals surface area (Å²) >= 11 is 0. The minimum atomic E-state index is -1.10. The Hall–Kier alpha value is -2.21. The highest BCUT2D eigenvalue weighted by molar-refractivity contribution is 5.79. The number of aromatic nitrogens is 3. The zero-order valence-corrected chi connectivity index (χ0v) is 14.4. The summed E-state index contributed by atoms with van der Waals surface area (Å²) in [5.41, 5.74) is 3.31. The molecule has 1 fully saturated rings. The molecule has 1 amide bonds. The van der Waals surface area contributed by atoms with E-state index in [1.807, 2.05) is 0 Å². The summed E-state index contributed by atoms with van der Waals surface area (Å²) in [4.78, 5) is 14.5. The number of β-amino-alcohol motifs (C(OH)–C–C–N with tert-alkyl or cyclic N) is 1. The first-order valence-electron chi connectivity index (χ1n) is 9.11. The van der Waals surface area contributed by atoms with Gasteiger partial charge < -0.3 is 10.0 Å². The maximum absolute atomic E-state index is 12.8. The molecular formula is C19H24N4O2. The van der Waals surface area contributed by atoms with Crippen molar-refractivity contribution < 1.29 is 9.90 Å². The second-order valence-corrected chi connectivity index (χ2v) is 7.29. The molecule has 1 aliphatic heterocycles. The molecule has 1 atom stereocenters. The fraction of sp³-hybridized carbons (Fsp3) is 0.526. The van der Waals surface area contributed by atoms with Crippen molar-refractivity contribution in [3.63, 3.8) is 0 Å². The molecule has 2 aliphatic rings. The van der Waals surface area contributed by atoms with Crippen LogP contribution in [0, 0.1) is 0 Å². The second kappa shape index (κ2) is 6.59. The Morgan fingerprint density at radius 3 is 2.88 bits per heavy atom. The van der Waals surface area contributed by atoms with Crippen LogP contribution in [0.2, 0.25) is 0 Å². The number of H-pyrrole nitrogens is 1. The van der Waals surface area contributed by atoms with Crippen molar-refractivity contribution in [2.24, 2.45) is 0 Å². The summed E-state index contributed by atoms with van der Waals surface area (Å²) in [7, 11) is 0. The molecule has 1 aromatic carbocycles. The van der Waals surface area contributed by atoms with E-state index in [0.29, 0.717) is 25.1 Å². The first-order chi connectivity index (χ1) is 12.1. The summed E-state index contributed by atoms with van der Waals surface area (Å²) in [5, 5.41) is 21.2. The van der Waals surface area contributed by atoms with Crippen LogP contribution in [-0.4, -0.2) is 44.4 Å². The number of nitrogens with zero attached hydrogens (tertiary/aromatic N) is 3.